The van der Waals surface area contributed by atoms with E-state index in [1.54, 1.807) is 0 Å². The number of unbranched alkanes of at least 4 members (excludes halogenated alkanes) is 1. The van der Waals surface area contributed by atoms with E-state index >= 15 is 0 Å². The molecule has 0 aliphatic carbocycles. The molecule has 0 saturated carbocycles. The van der Waals surface area contributed by atoms with Crippen molar-refractivity contribution < 1.29 is 23.2 Å². The van der Waals surface area contributed by atoms with Crippen LogP contribution in [0.25, 0.3) is 0 Å². The molecule has 0 rings (SSSR count). The third kappa shape index (κ3) is 15.5. The Morgan fingerprint density at radius 1 is 1.44 bits per heavy atom. The lowest BCUT2D eigenvalue weighted by Crippen LogP contribution is -2.04. The largest absolute Gasteiger partial charge is 0.463 e. The molecule has 0 aromatic heterocycles. The molecule has 0 atom stereocenters. The molecule has 96 valence electrons. The fraction of sp³-hybridized carbons (Fsp3) is 0.667. The summed E-state index contributed by atoms with van der Waals surface area (Å²) in [6.45, 7) is 2.38. The molecule has 0 spiro atoms. The minimum atomic E-state index is -3.04. The number of ether oxygens (including phenoxy) is 1. The first-order valence-corrected chi connectivity index (χ1v) is 6.78. The maximum atomic E-state index is 10.9. The Morgan fingerprint density at radius 2 is 2.00 bits per heavy atom. The molecule has 0 saturated heterocycles. The highest BCUT2D eigenvalue weighted by molar-refractivity contribution is 7.90. The Kier molecular flexibility index (Phi) is 11.6. The van der Waals surface area contributed by atoms with Gasteiger partial charge in [0.15, 0.2) is 9.84 Å². The Balaban J connectivity index is 0. The minimum absolute atomic E-state index is 0.129. The molecule has 0 aliphatic heterocycles. The molecule has 0 aliphatic rings. The number of hydrogen-bond donors (Lipinski definition) is 2. The zero-order chi connectivity index (χ0) is 13.0. The molecule has 7 heteroatoms. The standard InChI is InChI=1S/C9H16O4S.H3NO/c1-3-4-7-13-9(10)6-5-8-14(2,11)12;1-2/h5-6H,3-4,7-8H2,1-2H3;2H,1H2. The second-order valence-electron chi connectivity index (χ2n) is 3.02. The van der Waals surface area contributed by atoms with Crippen molar-refractivity contribution >= 4 is 15.8 Å². The smallest absolute Gasteiger partial charge is 0.330 e. The van der Waals surface area contributed by atoms with Gasteiger partial charge in [0.1, 0.15) is 0 Å². The third-order valence-corrected chi connectivity index (χ3v) is 2.19. The second kappa shape index (κ2) is 10.6. The van der Waals surface area contributed by atoms with Crippen LogP contribution >= 0.6 is 0 Å². The van der Waals surface area contributed by atoms with Crippen LogP contribution in [-0.4, -0.2) is 38.2 Å². The van der Waals surface area contributed by atoms with Gasteiger partial charge in [-0.25, -0.2) is 19.1 Å². The summed E-state index contributed by atoms with van der Waals surface area (Å²) >= 11 is 0. The highest BCUT2D eigenvalue weighted by Crippen LogP contribution is 1.91. The summed E-state index contributed by atoms with van der Waals surface area (Å²) < 4.78 is 26.1. The fourth-order valence-corrected chi connectivity index (χ4v) is 1.13. The maximum Gasteiger partial charge on any atom is 0.330 e. The normalized spacial score (nSPS) is 10.8. The Labute approximate surface area is 96.0 Å². The third-order valence-electron chi connectivity index (χ3n) is 1.40. The topological polar surface area (TPSA) is 107 Å². The fourth-order valence-electron chi connectivity index (χ4n) is 0.684. The SMILES string of the molecule is CCCCOC(=O)C=CCS(C)(=O)=O.NO. The lowest BCUT2D eigenvalue weighted by atomic mass is 10.4. The monoisotopic (exact) mass is 253 g/mol. The van der Waals surface area contributed by atoms with Gasteiger partial charge in [-0.3, -0.25) is 0 Å². The summed E-state index contributed by atoms with van der Waals surface area (Å²) in [4.78, 5) is 10.9. The number of carbonyl (C=O) groups excluding carboxylic acids is 1. The van der Waals surface area contributed by atoms with Crippen molar-refractivity contribution in [2.75, 3.05) is 18.6 Å². The average Bonchev–Trinajstić information content (AvgIpc) is 2.19. The van der Waals surface area contributed by atoms with Crippen LogP contribution in [0.4, 0.5) is 0 Å². The summed E-state index contributed by atoms with van der Waals surface area (Å²) in [7, 11) is -3.04. The van der Waals surface area contributed by atoms with E-state index in [1.165, 1.54) is 6.08 Å². The molecule has 16 heavy (non-hydrogen) atoms. The van der Waals surface area contributed by atoms with E-state index in [9.17, 15) is 13.2 Å². The van der Waals surface area contributed by atoms with Crippen LogP contribution in [0.5, 0.6) is 0 Å². The number of nitrogens with two attached hydrogens (primary N) is 1. The predicted molar refractivity (Wildman–Crippen MR) is 60.7 cm³/mol. The number of esters is 1. The lowest BCUT2D eigenvalue weighted by molar-refractivity contribution is -0.137. The van der Waals surface area contributed by atoms with Crippen molar-refractivity contribution in [2.24, 2.45) is 5.90 Å². The van der Waals surface area contributed by atoms with Crippen LogP contribution in [0.15, 0.2) is 12.2 Å². The molecule has 0 unspecified atom stereocenters. The van der Waals surface area contributed by atoms with Gasteiger partial charge in [0.05, 0.1) is 12.4 Å². The highest BCUT2D eigenvalue weighted by Gasteiger charge is 1.99. The van der Waals surface area contributed by atoms with Crippen LogP contribution in [0.1, 0.15) is 19.8 Å². The van der Waals surface area contributed by atoms with Gasteiger partial charge in [0.25, 0.3) is 0 Å². The molecule has 0 aromatic rings. The van der Waals surface area contributed by atoms with Crippen molar-refractivity contribution in [1.29, 1.82) is 0 Å². The van der Waals surface area contributed by atoms with Crippen LogP contribution in [0.3, 0.4) is 0 Å². The Bertz CT molecular complexity index is 297. The first-order valence-electron chi connectivity index (χ1n) is 4.72. The second-order valence-corrected chi connectivity index (χ2v) is 5.20. The van der Waals surface area contributed by atoms with Gasteiger partial charge in [0.2, 0.25) is 0 Å². The number of hydrogen-bond acceptors (Lipinski definition) is 6. The number of carbonyl (C=O) groups is 1. The van der Waals surface area contributed by atoms with Crippen LogP contribution in [0, 0.1) is 0 Å². The molecule has 3 N–H and O–H groups in total. The van der Waals surface area contributed by atoms with Crippen molar-refractivity contribution in [3.05, 3.63) is 12.2 Å². The van der Waals surface area contributed by atoms with Gasteiger partial charge >= 0.3 is 5.97 Å². The first kappa shape index (κ1) is 17.5. The summed E-state index contributed by atoms with van der Waals surface area (Å²) in [5, 5.41) is 6.50. The summed E-state index contributed by atoms with van der Waals surface area (Å²) in [6.07, 6.45) is 5.34. The zero-order valence-electron chi connectivity index (χ0n) is 9.55. The summed E-state index contributed by atoms with van der Waals surface area (Å²) in [5.74, 6) is 2.89. The Morgan fingerprint density at radius 3 is 2.44 bits per heavy atom. The minimum Gasteiger partial charge on any atom is -0.463 e. The van der Waals surface area contributed by atoms with Crippen LogP contribution < -0.4 is 5.90 Å². The van der Waals surface area contributed by atoms with E-state index in [1.807, 2.05) is 6.92 Å². The highest BCUT2D eigenvalue weighted by atomic mass is 32.2. The average molecular weight is 253 g/mol. The van der Waals surface area contributed by atoms with Crippen molar-refractivity contribution in [1.82, 2.24) is 0 Å². The van der Waals surface area contributed by atoms with Crippen molar-refractivity contribution in [3.8, 4) is 0 Å². The summed E-state index contributed by atoms with van der Waals surface area (Å²) in [6, 6.07) is 0. The number of sulfone groups is 1. The lowest BCUT2D eigenvalue weighted by Gasteiger charge is -1.98. The molecular formula is C9H19NO5S. The van der Waals surface area contributed by atoms with Crippen molar-refractivity contribution in [3.63, 3.8) is 0 Å². The van der Waals surface area contributed by atoms with Gasteiger partial charge in [0, 0.05) is 12.3 Å². The number of rotatable bonds is 6. The first-order chi connectivity index (χ1) is 7.45. The molecule has 0 fully saturated rings. The van der Waals surface area contributed by atoms with Gasteiger partial charge in [-0.1, -0.05) is 19.4 Å². The molecule has 0 aromatic carbocycles. The van der Waals surface area contributed by atoms with E-state index in [0.29, 0.717) is 6.61 Å². The molecule has 6 nitrogen and oxygen atoms in total. The molecule has 0 radical (unpaired) electrons. The molecule has 0 heterocycles. The van der Waals surface area contributed by atoms with Crippen LogP contribution in [-0.2, 0) is 19.4 Å². The van der Waals surface area contributed by atoms with E-state index in [0.717, 1.165) is 25.2 Å². The quantitative estimate of drug-likeness (QED) is 0.304. The molecular weight excluding hydrogens is 234 g/mol. The predicted octanol–water partition coefficient (Wildman–Crippen LogP) is 0.265. The van der Waals surface area contributed by atoms with E-state index < -0.39 is 15.8 Å². The molecule has 0 bridgehead atoms. The molecule has 0 amide bonds. The maximum absolute atomic E-state index is 10.9. The van der Waals surface area contributed by atoms with Gasteiger partial charge in [-0.15, -0.1) is 0 Å². The van der Waals surface area contributed by atoms with E-state index in [2.05, 4.69) is 5.90 Å². The zero-order valence-corrected chi connectivity index (χ0v) is 10.4. The Hall–Kier alpha value is -0.920. The van der Waals surface area contributed by atoms with E-state index in [-0.39, 0.29) is 5.75 Å². The van der Waals surface area contributed by atoms with Crippen LogP contribution in [0.2, 0.25) is 0 Å². The van der Waals surface area contributed by atoms with Gasteiger partial charge in [-0.05, 0) is 6.42 Å². The van der Waals surface area contributed by atoms with Gasteiger partial charge in [-0.2, -0.15) is 0 Å². The van der Waals surface area contributed by atoms with E-state index in [4.69, 9.17) is 9.94 Å². The summed E-state index contributed by atoms with van der Waals surface area (Å²) in [5.41, 5.74) is 0. The van der Waals surface area contributed by atoms with Gasteiger partial charge < -0.3 is 9.94 Å². The van der Waals surface area contributed by atoms with Crippen molar-refractivity contribution in [2.45, 2.75) is 19.8 Å².